The quantitative estimate of drug-likeness (QED) is 0.0384. The Morgan fingerprint density at radius 3 is 1.13 bits per heavy atom. The Morgan fingerprint density at radius 2 is 0.737 bits per heavy atom. The van der Waals surface area contributed by atoms with Crippen LogP contribution in [0.5, 0.6) is 0 Å². The molecule has 0 aromatic rings. The molecule has 0 radical (unpaired) electrons. The molecule has 0 aromatic heterocycles. The van der Waals surface area contributed by atoms with Crippen LogP contribution in [0.4, 0.5) is 0 Å². The lowest BCUT2D eigenvalue weighted by Gasteiger charge is -2.03. The highest BCUT2D eigenvalue weighted by Gasteiger charge is 2.00. The molecule has 0 fully saturated rings. The molecule has 0 rings (SSSR count). The van der Waals surface area contributed by atoms with Gasteiger partial charge in [-0.05, 0) is 51.0 Å². The minimum Gasteiger partial charge on any atom is -0.435 e. The fraction of sp³-hybridized carbons (Fsp3) is 0.861. The zero-order valence-electron chi connectivity index (χ0n) is 26.1. The lowest BCUT2D eigenvalue weighted by molar-refractivity contribution is -0.138. The Bertz CT molecular complexity index is 507. The van der Waals surface area contributed by atoms with Gasteiger partial charge in [-0.3, -0.25) is 4.79 Å². The van der Waals surface area contributed by atoms with E-state index in [1.54, 1.807) is 6.26 Å². The van der Waals surface area contributed by atoms with Crippen molar-refractivity contribution in [3.8, 4) is 0 Å². The highest BCUT2D eigenvalue weighted by Crippen LogP contribution is 2.14. The van der Waals surface area contributed by atoms with Crippen LogP contribution in [0.25, 0.3) is 0 Å². The summed E-state index contributed by atoms with van der Waals surface area (Å²) in [5.74, 6) is -0.0696. The molecular formula is C36H68O2. The van der Waals surface area contributed by atoms with Crippen LogP contribution in [0.1, 0.15) is 200 Å². The molecule has 0 aliphatic rings. The van der Waals surface area contributed by atoms with Gasteiger partial charge in [0.05, 0.1) is 6.26 Å². The summed E-state index contributed by atoms with van der Waals surface area (Å²) in [6.07, 6.45) is 46.1. The minimum atomic E-state index is -0.0696. The molecule has 2 nitrogen and oxygen atoms in total. The highest BCUT2D eigenvalue weighted by molar-refractivity contribution is 5.69. The third-order valence-corrected chi connectivity index (χ3v) is 7.66. The molecule has 0 atom stereocenters. The standard InChI is InChI=1S/C36H68O2/c1-3-5-7-9-11-13-15-17-19-21-23-25-27-29-31-33-35-38-36(37)34-32-30-28-26-24-22-20-18-16-14-12-10-8-6-4-2/h18,20,33,35H,3-17,19,21-32,34H2,1-2H3. The lowest BCUT2D eigenvalue weighted by atomic mass is 10.0. The summed E-state index contributed by atoms with van der Waals surface area (Å²) in [7, 11) is 0. The second kappa shape index (κ2) is 34.0. The van der Waals surface area contributed by atoms with Gasteiger partial charge < -0.3 is 4.74 Å². The number of rotatable bonds is 31. The molecule has 0 heterocycles. The molecule has 0 N–H and O–H groups in total. The average molecular weight is 533 g/mol. The molecule has 0 unspecified atom stereocenters. The van der Waals surface area contributed by atoms with Gasteiger partial charge in [0.1, 0.15) is 0 Å². The van der Waals surface area contributed by atoms with Crippen LogP contribution in [0.2, 0.25) is 0 Å². The van der Waals surface area contributed by atoms with Crippen molar-refractivity contribution in [3.63, 3.8) is 0 Å². The van der Waals surface area contributed by atoms with Crippen molar-refractivity contribution in [2.75, 3.05) is 0 Å². The van der Waals surface area contributed by atoms with Crippen LogP contribution < -0.4 is 0 Å². The van der Waals surface area contributed by atoms with Crippen molar-refractivity contribution in [1.29, 1.82) is 0 Å². The Labute approximate surface area is 239 Å². The Morgan fingerprint density at radius 1 is 0.421 bits per heavy atom. The number of carbonyl (C=O) groups is 1. The van der Waals surface area contributed by atoms with E-state index in [1.807, 2.05) is 6.08 Å². The summed E-state index contributed by atoms with van der Waals surface area (Å²) in [5, 5.41) is 0. The predicted octanol–water partition coefficient (Wildman–Crippen LogP) is 13.0. The third kappa shape index (κ3) is 33.0. The van der Waals surface area contributed by atoms with Crippen LogP contribution in [0.3, 0.4) is 0 Å². The third-order valence-electron chi connectivity index (χ3n) is 7.66. The van der Waals surface area contributed by atoms with Gasteiger partial charge in [-0.15, -0.1) is 0 Å². The van der Waals surface area contributed by atoms with E-state index >= 15 is 0 Å². The van der Waals surface area contributed by atoms with E-state index in [1.165, 1.54) is 161 Å². The molecular weight excluding hydrogens is 464 g/mol. The van der Waals surface area contributed by atoms with Crippen LogP contribution in [0.15, 0.2) is 24.5 Å². The van der Waals surface area contributed by atoms with Gasteiger partial charge >= 0.3 is 5.97 Å². The summed E-state index contributed by atoms with van der Waals surface area (Å²) in [5.41, 5.74) is 0. The van der Waals surface area contributed by atoms with E-state index in [4.69, 9.17) is 4.74 Å². The van der Waals surface area contributed by atoms with Gasteiger partial charge in [0.25, 0.3) is 0 Å². The first-order valence-corrected chi connectivity index (χ1v) is 17.3. The Hall–Kier alpha value is -1.05. The normalized spacial score (nSPS) is 11.7. The maximum absolute atomic E-state index is 11.9. The number of allylic oxidation sites excluding steroid dienone is 3. The number of hydrogen-bond donors (Lipinski definition) is 0. The van der Waals surface area contributed by atoms with E-state index in [-0.39, 0.29) is 5.97 Å². The van der Waals surface area contributed by atoms with Crippen LogP contribution in [0, 0.1) is 0 Å². The van der Waals surface area contributed by atoms with Gasteiger partial charge in [0, 0.05) is 6.42 Å². The first-order chi connectivity index (χ1) is 18.8. The van der Waals surface area contributed by atoms with E-state index < -0.39 is 0 Å². The fourth-order valence-corrected chi connectivity index (χ4v) is 5.05. The summed E-state index contributed by atoms with van der Waals surface area (Å²) < 4.78 is 5.25. The lowest BCUT2D eigenvalue weighted by Crippen LogP contribution is -1.98. The molecule has 224 valence electrons. The van der Waals surface area contributed by atoms with Crippen molar-refractivity contribution in [2.45, 2.75) is 200 Å². The number of carbonyl (C=O) groups excluding carboxylic acids is 1. The van der Waals surface area contributed by atoms with Gasteiger partial charge in [-0.2, -0.15) is 0 Å². The molecule has 0 aliphatic carbocycles. The zero-order valence-corrected chi connectivity index (χ0v) is 26.1. The average Bonchev–Trinajstić information content (AvgIpc) is 2.92. The van der Waals surface area contributed by atoms with Crippen molar-refractivity contribution < 1.29 is 9.53 Å². The maximum Gasteiger partial charge on any atom is 0.310 e. The molecule has 0 aliphatic heterocycles. The van der Waals surface area contributed by atoms with E-state index in [2.05, 4.69) is 26.0 Å². The molecule has 0 saturated carbocycles. The minimum absolute atomic E-state index is 0.0696. The van der Waals surface area contributed by atoms with Gasteiger partial charge in [-0.25, -0.2) is 0 Å². The van der Waals surface area contributed by atoms with Crippen molar-refractivity contribution >= 4 is 5.97 Å². The molecule has 2 heteroatoms. The Kier molecular flexibility index (Phi) is 33.0. The maximum atomic E-state index is 11.9. The molecule has 38 heavy (non-hydrogen) atoms. The summed E-state index contributed by atoms with van der Waals surface area (Å²) >= 11 is 0. The van der Waals surface area contributed by atoms with Crippen LogP contribution in [-0.2, 0) is 9.53 Å². The smallest absolute Gasteiger partial charge is 0.310 e. The largest absolute Gasteiger partial charge is 0.435 e. The second-order valence-corrected chi connectivity index (χ2v) is 11.6. The Balaban J connectivity index is 3.26. The van der Waals surface area contributed by atoms with Crippen LogP contribution >= 0.6 is 0 Å². The molecule has 0 saturated heterocycles. The van der Waals surface area contributed by atoms with Gasteiger partial charge in [-0.1, -0.05) is 161 Å². The first-order valence-electron chi connectivity index (χ1n) is 17.3. The number of ether oxygens (including phenoxy) is 1. The van der Waals surface area contributed by atoms with Crippen molar-refractivity contribution in [2.24, 2.45) is 0 Å². The molecule has 0 amide bonds. The van der Waals surface area contributed by atoms with E-state index in [9.17, 15) is 4.79 Å². The van der Waals surface area contributed by atoms with E-state index in [0.29, 0.717) is 6.42 Å². The monoisotopic (exact) mass is 533 g/mol. The number of hydrogen-bond acceptors (Lipinski definition) is 2. The number of esters is 1. The van der Waals surface area contributed by atoms with E-state index in [0.717, 1.165) is 19.3 Å². The van der Waals surface area contributed by atoms with Gasteiger partial charge in [0.2, 0.25) is 0 Å². The van der Waals surface area contributed by atoms with Crippen molar-refractivity contribution in [3.05, 3.63) is 24.5 Å². The summed E-state index contributed by atoms with van der Waals surface area (Å²) in [6.45, 7) is 4.56. The molecule has 0 bridgehead atoms. The predicted molar refractivity (Wildman–Crippen MR) is 170 cm³/mol. The first kappa shape index (κ1) is 37.0. The van der Waals surface area contributed by atoms with Crippen LogP contribution in [-0.4, -0.2) is 5.97 Å². The number of unbranched alkanes of at least 4 members (excludes halogenated alkanes) is 25. The second-order valence-electron chi connectivity index (χ2n) is 11.6. The summed E-state index contributed by atoms with van der Waals surface area (Å²) in [6, 6.07) is 0. The van der Waals surface area contributed by atoms with Gasteiger partial charge in [0.15, 0.2) is 0 Å². The molecule has 0 spiro atoms. The molecule has 0 aromatic carbocycles. The topological polar surface area (TPSA) is 26.3 Å². The fourth-order valence-electron chi connectivity index (χ4n) is 5.05. The zero-order chi connectivity index (χ0) is 27.6. The highest BCUT2D eigenvalue weighted by atomic mass is 16.5. The summed E-state index contributed by atoms with van der Waals surface area (Å²) in [4.78, 5) is 11.9. The van der Waals surface area contributed by atoms with Crippen molar-refractivity contribution in [1.82, 2.24) is 0 Å². The SMILES string of the molecule is CCCCCCCCC=CCCCCCCCC(=O)OC=CCCCCCCCCCCCCCCCC.